The molecule has 4 amide bonds. The maximum absolute atomic E-state index is 13.2. The van der Waals surface area contributed by atoms with Crippen molar-refractivity contribution in [2.45, 2.75) is 84.4 Å². The average Bonchev–Trinajstić information content (AvgIpc) is 3.72. The van der Waals surface area contributed by atoms with Crippen LogP contribution in [0.25, 0.3) is 21.6 Å². The number of nitrogens with one attached hydrogen (secondary N) is 3. The molecule has 1 fully saturated rings. The van der Waals surface area contributed by atoms with Crippen LogP contribution in [0.1, 0.15) is 66.7 Å². The number of allylic oxidation sites excluding steroid dienone is 1. The number of ketones is 1. The van der Waals surface area contributed by atoms with Gasteiger partial charge in [-0.3, -0.25) is 14.4 Å². The highest BCUT2D eigenvalue weighted by Gasteiger charge is 2.38. The predicted octanol–water partition coefficient (Wildman–Crippen LogP) is 5.41. The lowest BCUT2D eigenvalue weighted by Crippen LogP contribution is -2.58. The van der Waals surface area contributed by atoms with E-state index in [0.717, 1.165) is 28.8 Å². The van der Waals surface area contributed by atoms with Gasteiger partial charge >= 0.3 is 12.1 Å². The second-order valence-electron chi connectivity index (χ2n) is 12.7. The van der Waals surface area contributed by atoms with Crippen molar-refractivity contribution in [3.05, 3.63) is 64.3 Å². The number of fused-ring (bicyclic) bond motifs is 2. The number of benzene rings is 1. The van der Waals surface area contributed by atoms with Gasteiger partial charge in [0.2, 0.25) is 5.91 Å². The van der Waals surface area contributed by atoms with Crippen LogP contribution in [0, 0.1) is 5.92 Å². The minimum Gasteiger partial charge on any atom is -0.443 e. The van der Waals surface area contributed by atoms with E-state index in [1.54, 1.807) is 20.8 Å². The number of H-pyrrole nitrogens is 1. The highest BCUT2D eigenvalue weighted by Crippen LogP contribution is 2.22. The second kappa shape index (κ2) is 15.9. The molecule has 13 heteroatoms. The number of carbonyl (C=O) groups excluding carboxylic acids is 4. The number of urea groups is 1. The summed E-state index contributed by atoms with van der Waals surface area (Å²) in [5, 5.41) is 6.01. The Morgan fingerprint density at radius 3 is 2.51 bits per heavy atom. The van der Waals surface area contributed by atoms with Gasteiger partial charge in [0.05, 0.1) is 22.0 Å². The summed E-state index contributed by atoms with van der Waals surface area (Å²) in [6.45, 7) is 9.32. The van der Waals surface area contributed by atoms with E-state index in [4.69, 9.17) is 4.74 Å². The number of carbonyl (C=O) groups is 4. The van der Waals surface area contributed by atoms with Crippen LogP contribution in [-0.2, 0) is 14.3 Å². The van der Waals surface area contributed by atoms with Crippen LogP contribution < -0.4 is 16.3 Å². The summed E-state index contributed by atoms with van der Waals surface area (Å²) in [5.41, 5.74) is 3.78. The number of amides is 4. The molecule has 3 aromatic rings. The highest BCUT2D eigenvalue weighted by molar-refractivity contribution is 7.13. The molecule has 47 heavy (non-hydrogen) atoms. The summed E-state index contributed by atoms with van der Waals surface area (Å²) in [6.07, 6.45) is 6.65. The number of rotatable bonds is 3. The first kappa shape index (κ1) is 35.3. The van der Waals surface area contributed by atoms with Gasteiger partial charge in [0.25, 0.3) is 5.56 Å². The van der Waals surface area contributed by atoms with Crippen LogP contribution in [-0.4, -0.2) is 74.5 Å². The summed E-state index contributed by atoms with van der Waals surface area (Å²) in [5.74, 6) is -0.609. The van der Waals surface area contributed by atoms with Crippen LogP contribution >= 0.6 is 11.3 Å². The molecule has 12 nitrogen and oxygen atoms in total. The summed E-state index contributed by atoms with van der Waals surface area (Å²) in [7, 11) is 0. The van der Waals surface area contributed by atoms with Crippen molar-refractivity contribution in [3.63, 3.8) is 0 Å². The zero-order valence-electron chi connectivity index (χ0n) is 27.6. The fourth-order valence-electron chi connectivity index (χ4n) is 5.45. The Hall–Kier alpha value is -4.52. The van der Waals surface area contributed by atoms with E-state index in [-0.39, 0.29) is 23.2 Å². The van der Waals surface area contributed by atoms with Crippen LogP contribution in [0.3, 0.4) is 0 Å². The van der Waals surface area contributed by atoms with Gasteiger partial charge in [-0.05, 0) is 83.4 Å². The molecular weight excluding hydrogens is 620 g/mol. The molecule has 0 spiro atoms. The Balaban J connectivity index is 0.000000258. The number of ether oxygens (including phenoxy) is 1. The number of aromatic nitrogens is 2. The number of aromatic amines is 1. The molecule has 0 radical (unpaired) electrons. The molecule has 2 aliphatic rings. The maximum atomic E-state index is 13.2. The standard InChI is InChI=1S/C22H36N4O5.C12H8N2OS/c1-15-11-8-6-7-9-14-26(24-20(29)31-22(3,4)5)21(30)25-13-10-12-17(25)19(28)23-18(15)16(2)27;15-12-11(10-6-3-7-16-10)13-8-4-1-2-5-9(8)14-12/h8,11,15,17-18H,6-7,9-10,12-14H2,1-5H3,(H,23,28)(H,24,29);1-7H,(H,14,15)/b11-8-;. The van der Waals surface area contributed by atoms with Gasteiger partial charge in [0.1, 0.15) is 17.3 Å². The fourth-order valence-corrected chi connectivity index (χ4v) is 6.16. The van der Waals surface area contributed by atoms with Crippen molar-refractivity contribution >= 4 is 46.2 Å². The lowest BCUT2D eigenvalue weighted by atomic mass is 9.96. The molecule has 252 valence electrons. The quantitative estimate of drug-likeness (QED) is 0.316. The summed E-state index contributed by atoms with van der Waals surface area (Å²) in [6, 6.07) is 9.58. The lowest BCUT2D eigenvalue weighted by Gasteiger charge is -2.33. The van der Waals surface area contributed by atoms with E-state index in [1.165, 1.54) is 28.2 Å². The largest absolute Gasteiger partial charge is 0.443 e. The third-order valence-corrected chi connectivity index (χ3v) is 8.59. The van der Waals surface area contributed by atoms with Gasteiger partial charge in [-0.2, -0.15) is 0 Å². The number of hydrogen-bond acceptors (Lipinski definition) is 8. The first-order valence-electron chi connectivity index (χ1n) is 15.9. The molecule has 2 aliphatic heterocycles. The Kier molecular flexibility index (Phi) is 11.9. The average molecular weight is 665 g/mol. The molecule has 2 aromatic heterocycles. The van der Waals surface area contributed by atoms with Crippen molar-refractivity contribution < 1.29 is 23.9 Å². The van der Waals surface area contributed by atoms with Gasteiger partial charge < -0.3 is 19.9 Å². The van der Waals surface area contributed by atoms with E-state index in [0.29, 0.717) is 38.0 Å². The molecule has 0 saturated carbocycles. The van der Waals surface area contributed by atoms with Crippen LogP contribution in [0.4, 0.5) is 9.59 Å². The highest BCUT2D eigenvalue weighted by atomic mass is 32.1. The van der Waals surface area contributed by atoms with Crippen molar-refractivity contribution in [1.29, 1.82) is 0 Å². The maximum Gasteiger partial charge on any atom is 0.426 e. The van der Waals surface area contributed by atoms with Crippen molar-refractivity contribution in [2.75, 3.05) is 13.1 Å². The molecule has 0 aliphatic carbocycles. The molecule has 3 atom stereocenters. The van der Waals surface area contributed by atoms with Gasteiger partial charge in [-0.25, -0.2) is 25.0 Å². The van der Waals surface area contributed by atoms with Crippen molar-refractivity contribution in [1.82, 2.24) is 30.6 Å². The van der Waals surface area contributed by atoms with Crippen molar-refractivity contribution in [2.24, 2.45) is 5.92 Å². The smallest absolute Gasteiger partial charge is 0.426 e. The zero-order chi connectivity index (χ0) is 34.1. The van der Waals surface area contributed by atoms with Gasteiger partial charge in [0, 0.05) is 19.0 Å². The summed E-state index contributed by atoms with van der Waals surface area (Å²) in [4.78, 5) is 72.0. The Bertz CT molecular complexity index is 1650. The third-order valence-electron chi connectivity index (χ3n) is 7.72. The Labute approximate surface area is 278 Å². The molecular formula is C34H44N6O6S. The Morgan fingerprint density at radius 1 is 1.04 bits per heavy atom. The molecule has 3 unspecified atom stereocenters. The fraction of sp³-hybridized carbons (Fsp3) is 0.471. The number of Topliss-reactive ketones (excluding diaryl/α,β-unsaturated/α-hetero) is 1. The van der Waals surface area contributed by atoms with E-state index in [2.05, 4.69) is 20.7 Å². The van der Waals surface area contributed by atoms with E-state index < -0.39 is 29.8 Å². The summed E-state index contributed by atoms with van der Waals surface area (Å²) < 4.78 is 5.29. The summed E-state index contributed by atoms with van der Waals surface area (Å²) >= 11 is 1.52. The number of hydrazine groups is 1. The zero-order valence-corrected chi connectivity index (χ0v) is 28.4. The van der Waals surface area contributed by atoms with Crippen LogP contribution in [0.15, 0.2) is 58.7 Å². The lowest BCUT2D eigenvalue weighted by molar-refractivity contribution is -0.130. The van der Waals surface area contributed by atoms with Gasteiger partial charge in [-0.1, -0.05) is 37.3 Å². The molecule has 1 saturated heterocycles. The predicted molar refractivity (Wildman–Crippen MR) is 182 cm³/mol. The topological polar surface area (TPSA) is 154 Å². The molecule has 5 rings (SSSR count). The minimum atomic E-state index is -0.715. The van der Waals surface area contributed by atoms with Crippen LogP contribution in [0.2, 0.25) is 0 Å². The Morgan fingerprint density at radius 2 is 1.81 bits per heavy atom. The van der Waals surface area contributed by atoms with E-state index in [9.17, 15) is 24.0 Å². The first-order chi connectivity index (χ1) is 22.3. The molecule has 4 heterocycles. The molecule has 0 bridgehead atoms. The van der Waals surface area contributed by atoms with Gasteiger partial charge in [0.15, 0.2) is 5.78 Å². The minimum absolute atomic E-state index is 0.123. The van der Waals surface area contributed by atoms with Gasteiger partial charge in [-0.15, -0.1) is 11.3 Å². The number of hydrogen-bond donors (Lipinski definition) is 3. The van der Waals surface area contributed by atoms with Crippen LogP contribution in [0.5, 0.6) is 0 Å². The monoisotopic (exact) mass is 664 g/mol. The number of thiophene rings is 1. The normalized spacial score (nSPS) is 21.5. The third kappa shape index (κ3) is 9.74. The van der Waals surface area contributed by atoms with E-state index in [1.807, 2.05) is 60.9 Å². The molecule has 3 N–H and O–H groups in total. The second-order valence-corrected chi connectivity index (χ2v) is 13.6. The van der Waals surface area contributed by atoms with E-state index >= 15 is 0 Å². The molecule has 1 aromatic carbocycles. The van der Waals surface area contributed by atoms with Crippen molar-refractivity contribution in [3.8, 4) is 10.6 Å². The number of para-hydroxylation sites is 2. The SMILES string of the molecule is CC(=O)C1NC(=O)C2CCCN2C(=O)N(NC(=O)OC(C)(C)C)CCCC/C=C\C1C.O=c1[nH]c2ccccc2nc1-c1cccs1. The first-order valence-corrected chi connectivity index (χ1v) is 16.8. The number of nitrogens with zero attached hydrogens (tertiary/aromatic N) is 3.